The molecule has 3 aromatic rings. The number of hydrogen-bond donors (Lipinski definition) is 1. The summed E-state index contributed by atoms with van der Waals surface area (Å²) in [6.07, 6.45) is 4.17. The van der Waals surface area contributed by atoms with Gasteiger partial charge in [0, 0.05) is 18.3 Å². The van der Waals surface area contributed by atoms with E-state index in [1.54, 1.807) is 12.1 Å². The SMILES string of the molecule is Cc1cnc2c(c1)nc(-c1cccc(F)c1)n2CC1CCNCC1. The van der Waals surface area contributed by atoms with Crippen molar-refractivity contribution in [1.82, 2.24) is 19.9 Å². The molecule has 1 N–H and O–H groups in total. The van der Waals surface area contributed by atoms with E-state index < -0.39 is 0 Å². The first kappa shape index (κ1) is 15.3. The molecule has 2 aromatic heterocycles. The van der Waals surface area contributed by atoms with Crippen molar-refractivity contribution in [1.29, 1.82) is 0 Å². The maximum absolute atomic E-state index is 13.7. The summed E-state index contributed by atoms with van der Waals surface area (Å²) in [6, 6.07) is 8.70. The van der Waals surface area contributed by atoms with Crippen molar-refractivity contribution in [3.05, 3.63) is 47.9 Å². The van der Waals surface area contributed by atoms with Gasteiger partial charge in [-0.2, -0.15) is 0 Å². The summed E-state index contributed by atoms with van der Waals surface area (Å²) in [7, 11) is 0. The van der Waals surface area contributed by atoms with Crippen LogP contribution in [0.2, 0.25) is 0 Å². The average molecular weight is 324 g/mol. The van der Waals surface area contributed by atoms with Crippen LogP contribution in [0.4, 0.5) is 4.39 Å². The molecule has 1 aliphatic heterocycles. The molecule has 4 rings (SSSR count). The Morgan fingerprint density at radius 1 is 1.25 bits per heavy atom. The highest BCUT2D eigenvalue weighted by atomic mass is 19.1. The molecule has 0 bridgehead atoms. The lowest BCUT2D eigenvalue weighted by molar-refractivity contribution is 0.337. The number of benzene rings is 1. The molecule has 4 nitrogen and oxygen atoms in total. The fourth-order valence-electron chi connectivity index (χ4n) is 3.45. The van der Waals surface area contributed by atoms with Crippen LogP contribution in [0.25, 0.3) is 22.6 Å². The number of nitrogens with one attached hydrogen (secondary N) is 1. The predicted molar refractivity (Wildman–Crippen MR) is 93.3 cm³/mol. The molecule has 0 aliphatic carbocycles. The number of aryl methyl sites for hydroxylation is 1. The Kier molecular flexibility index (Phi) is 4.02. The van der Waals surface area contributed by atoms with Crippen LogP contribution in [0.5, 0.6) is 0 Å². The highest BCUT2D eigenvalue weighted by molar-refractivity contribution is 5.77. The van der Waals surface area contributed by atoms with Gasteiger partial charge >= 0.3 is 0 Å². The van der Waals surface area contributed by atoms with E-state index in [-0.39, 0.29) is 5.82 Å². The van der Waals surface area contributed by atoms with Crippen molar-refractivity contribution < 1.29 is 4.39 Å². The van der Waals surface area contributed by atoms with E-state index in [0.29, 0.717) is 5.92 Å². The van der Waals surface area contributed by atoms with Crippen molar-refractivity contribution >= 4 is 11.2 Å². The molecular weight excluding hydrogens is 303 g/mol. The Morgan fingerprint density at radius 2 is 2.08 bits per heavy atom. The second kappa shape index (κ2) is 6.32. The molecule has 0 saturated carbocycles. The van der Waals surface area contributed by atoms with E-state index in [2.05, 4.69) is 14.9 Å². The summed E-state index contributed by atoms with van der Waals surface area (Å²) in [4.78, 5) is 9.37. The van der Waals surface area contributed by atoms with Gasteiger partial charge in [0.1, 0.15) is 17.2 Å². The van der Waals surface area contributed by atoms with Gasteiger partial charge < -0.3 is 9.88 Å². The topological polar surface area (TPSA) is 42.7 Å². The number of piperidine rings is 1. The lowest BCUT2D eigenvalue weighted by Crippen LogP contribution is -2.30. The number of imidazole rings is 1. The zero-order valence-electron chi connectivity index (χ0n) is 13.8. The van der Waals surface area contributed by atoms with Crippen LogP contribution in [-0.4, -0.2) is 27.6 Å². The van der Waals surface area contributed by atoms with Gasteiger partial charge in [0.05, 0.1) is 0 Å². The quantitative estimate of drug-likeness (QED) is 0.801. The first-order valence-corrected chi connectivity index (χ1v) is 8.50. The lowest BCUT2D eigenvalue weighted by atomic mass is 9.98. The molecule has 0 spiro atoms. The zero-order chi connectivity index (χ0) is 16.5. The Labute approximate surface area is 140 Å². The average Bonchev–Trinajstić information content (AvgIpc) is 2.93. The standard InChI is InChI=1S/C19H21FN4/c1-13-9-17-19(22-11-13)24(12-14-5-7-21-8-6-14)18(23-17)15-3-2-4-16(20)10-15/h2-4,9-11,14,21H,5-8,12H2,1H3. The number of halogens is 1. The van der Waals surface area contributed by atoms with Crippen molar-refractivity contribution in [2.75, 3.05) is 13.1 Å². The molecule has 1 fully saturated rings. The number of fused-ring (bicyclic) bond motifs is 1. The molecule has 0 atom stereocenters. The Morgan fingerprint density at radius 3 is 2.88 bits per heavy atom. The monoisotopic (exact) mass is 324 g/mol. The number of nitrogens with zero attached hydrogens (tertiary/aromatic N) is 3. The van der Waals surface area contributed by atoms with Crippen molar-refractivity contribution in [3.8, 4) is 11.4 Å². The maximum atomic E-state index is 13.7. The van der Waals surface area contributed by atoms with E-state index in [0.717, 1.165) is 60.6 Å². The first-order valence-electron chi connectivity index (χ1n) is 8.50. The lowest BCUT2D eigenvalue weighted by Gasteiger charge is -2.23. The Balaban J connectivity index is 1.83. The Hall–Kier alpha value is -2.27. The molecule has 0 radical (unpaired) electrons. The molecule has 0 amide bonds. The molecule has 24 heavy (non-hydrogen) atoms. The highest BCUT2D eigenvalue weighted by Gasteiger charge is 2.19. The van der Waals surface area contributed by atoms with Crippen LogP contribution >= 0.6 is 0 Å². The van der Waals surface area contributed by atoms with Crippen LogP contribution in [0.1, 0.15) is 18.4 Å². The minimum atomic E-state index is -0.239. The van der Waals surface area contributed by atoms with Gasteiger partial charge in [-0.3, -0.25) is 0 Å². The number of hydrogen-bond acceptors (Lipinski definition) is 3. The van der Waals surface area contributed by atoms with Gasteiger partial charge in [0.15, 0.2) is 5.65 Å². The smallest absolute Gasteiger partial charge is 0.160 e. The van der Waals surface area contributed by atoms with E-state index in [9.17, 15) is 4.39 Å². The summed E-state index contributed by atoms with van der Waals surface area (Å²) in [5, 5.41) is 3.40. The molecule has 5 heteroatoms. The normalized spacial score (nSPS) is 15.9. The molecule has 0 unspecified atom stereocenters. The summed E-state index contributed by atoms with van der Waals surface area (Å²) < 4.78 is 15.9. The largest absolute Gasteiger partial charge is 0.317 e. The van der Waals surface area contributed by atoms with Crippen molar-refractivity contribution in [3.63, 3.8) is 0 Å². The van der Waals surface area contributed by atoms with E-state index in [1.807, 2.05) is 25.3 Å². The number of rotatable bonds is 3. The van der Waals surface area contributed by atoms with Crippen LogP contribution in [0, 0.1) is 18.7 Å². The minimum absolute atomic E-state index is 0.239. The third-order valence-electron chi connectivity index (χ3n) is 4.70. The zero-order valence-corrected chi connectivity index (χ0v) is 13.8. The first-order chi connectivity index (χ1) is 11.7. The van der Waals surface area contributed by atoms with Gasteiger partial charge in [-0.05, 0) is 62.5 Å². The highest BCUT2D eigenvalue weighted by Crippen LogP contribution is 2.27. The predicted octanol–water partition coefficient (Wildman–Crippen LogP) is 3.55. The third kappa shape index (κ3) is 2.91. The van der Waals surface area contributed by atoms with Crippen molar-refractivity contribution in [2.24, 2.45) is 5.92 Å². The van der Waals surface area contributed by atoms with Crippen LogP contribution in [0.15, 0.2) is 36.5 Å². The molecule has 1 aromatic carbocycles. The van der Waals surface area contributed by atoms with Gasteiger partial charge in [0.2, 0.25) is 0 Å². The van der Waals surface area contributed by atoms with Gasteiger partial charge in [-0.15, -0.1) is 0 Å². The maximum Gasteiger partial charge on any atom is 0.160 e. The summed E-state index contributed by atoms with van der Waals surface area (Å²) in [5.41, 5.74) is 3.65. The van der Waals surface area contributed by atoms with E-state index >= 15 is 0 Å². The molecule has 124 valence electrons. The molecule has 1 aliphatic rings. The van der Waals surface area contributed by atoms with Gasteiger partial charge in [0.25, 0.3) is 0 Å². The van der Waals surface area contributed by atoms with E-state index in [1.165, 1.54) is 6.07 Å². The summed E-state index contributed by atoms with van der Waals surface area (Å²) in [6.45, 7) is 5.00. The number of aromatic nitrogens is 3. The third-order valence-corrected chi connectivity index (χ3v) is 4.70. The second-order valence-electron chi connectivity index (χ2n) is 6.61. The van der Waals surface area contributed by atoms with Gasteiger partial charge in [-0.25, -0.2) is 14.4 Å². The van der Waals surface area contributed by atoms with Crippen LogP contribution in [0.3, 0.4) is 0 Å². The van der Waals surface area contributed by atoms with Crippen molar-refractivity contribution in [2.45, 2.75) is 26.3 Å². The van der Waals surface area contributed by atoms with Gasteiger partial charge in [-0.1, -0.05) is 12.1 Å². The van der Waals surface area contributed by atoms with Crippen LogP contribution in [-0.2, 0) is 6.54 Å². The second-order valence-corrected chi connectivity index (χ2v) is 6.61. The minimum Gasteiger partial charge on any atom is -0.317 e. The summed E-state index contributed by atoms with van der Waals surface area (Å²) in [5.74, 6) is 1.16. The number of pyridine rings is 1. The van der Waals surface area contributed by atoms with E-state index in [4.69, 9.17) is 4.98 Å². The molecular formula is C19H21FN4. The Bertz CT molecular complexity index is 865. The summed E-state index contributed by atoms with van der Waals surface area (Å²) >= 11 is 0. The fraction of sp³-hybridized carbons (Fsp3) is 0.368. The van der Waals surface area contributed by atoms with Crippen LogP contribution < -0.4 is 5.32 Å². The fourth-order valence-corrected chi connectivity index (χ4v) is 3.45. The molecule has 3 heterocycles. The molecule has 1 saturated heterocycles.